The van der Waals surface area contributed by atoms with E-state index in [0.29, 0.717) is 0 Å². The molecule has 19 heteroatoms. The molecule has 246 valence electrons. The molecule has 1 saturated carbocycles. The van der Waals surface area contributed by atoms with Crippen molar-refractivity contribution < 1.29 is 74.0 Å². The van der Waals surface area contributed by atoms with Gasteiger partial charge in [0.25, 0.3) is 0 Å². The summed E-state index contributed by atoms with van der Waals surface area (Å²) < 4.78 is 101. The second-order valence-corrected chi connectivity index (χ2v) is 9.76. The van der Waals surface area contributed by atoms with Gasteiger partial charge in [-0.15, -0.1) is 0 Å². The van der Waals surface area contributed by atoms with Gasteiger partial charge >= 0.3 is 36.4 Å². The smallest absolute Gasteiger partial charge is 0.475 e. The van der Waals surface area contributed by atoms with E-state index in [1.54, 1.807) is 0 Å². The highest BCUT2D eigenvalue weighted by atomic mass is 19.4. The van der Waals surface area contributed by atoms with E-state index < -0.39 is 36.4 Å². The number of rotatable bonds is 4. The Morgan fingerprint density at radius 2 is 1.30 bits per heavy atom. The van der Waals surface area contributed by atoms with Gasteiger partial charge in [0.05, 0.1) is 12.2 Å². The molecule has 43 heavy (non-hydrogen) atoms. The number of hydrogen-bond acceptors (Lipinski definition) is 7. The summed E-state index contributed by atoms with van der Waals surface area (Å²) in [6, 6.07) is 4.20. The van der Waals surface area contributed by atoms with Gasteiger partial charge < -0.3 is 25.0 Å². The van der Waals surface area contributed by atoms with Crippen LogP contribution in [0.4, 0.5) is 39.5 Å². The summed E-state index contributed by atoms with van der Waals surface area (Å²) in [5.41, 5.74) is 1.42. The fourth-order valence-corrected chi connectivity index (χ4v) is 3.92. The van der Waals surface area contributed by atoms with Gasteiger partial charge in [0.15, 0.2) is 0 Å². The minimum Gasteiger partial charge on any atom is -0.475 e. The van der Waals surface area contributed by atoms with E-state index in [2.05, 4.69) is 20.9 Å². The Hall–Kier alpha value is -3.19. The Labute approximate surface area is 239 Å². The number of ether oxygens (including phenoxy) is 1. The number of aromatic nitrogens is 1. The highest BCUT2D eigenvalue weighted by Crippen LogP contribution is 2.34. The molecule has 10 nitrogen and oxygen atoms in total. The van der Waals surface area contributed by atoms with Crippen molar-refractivity contribution in [3.05, 3.63) is 30.1 Å². The predicted molar refractivity (Wildman–Crippen MR) is 128 cm³/mol. The van der Waals surface area contributed by atoms with E-state index in [1.807, 2.05) is 18.5 Å². The number of piperidine rings is 1. The van der Waals surface area contributed by atoms with Crippen LogP contribution in [0.3, 0.4) is 0 Å². The fraction of sp³-hybridized carbons (Fsp3) is 0.667. The maximum atomic E-state index is 10.6. The first-order valence-corrected chi connectivity index (χ1v) is 12.5. The number of likely N-dealkylation sites (tertiary alicyclic amines) is 1. The van der Waals surface area contributed by atoms with Crippen LogP contribution in [0.25, 0.3) is 0 Å². The zero-order chi connectivity index (χ0) is 33.1. The summed E-state index contributed by atoms with van der Waals surface area (Å²) in [5.74, 6) is -7.27. The van der Waals surface area contributed by atoms with Crippen molar-refractivity contribution in [2.24, 2.45) is 5.92 Å². The van der Waals surface area contributed by atoms with Crippen molar-refractivity contribution in [3.63, 3.8) is 0 Å². The number of morpholine rings is 1. The van der Waals surface area contributed by atoms with Crippen LogP contribution in [0.1, 0.15) is 31.2 Å². The molecule has 1 aliphatic carbocycles. The van der Waals surface area contributed by atoms with Crippen LogP contribution in [0.2, 0.25) is 0 Å². The van der Waals surface area contributed by atoms with E-state index in [4.69, 9.17) is 34.4 Å². The molecule has 0 bridgehead atoms. The molecule has 0 unspecified atom stereocenters. The van der Waals surface area contributed by atoms with Gasteiger partial charge in [-0.05, 0) is 43.2 Å². The molecule has 4 rings (SSSR count). The number of carboxylic acid groups (broad SMARTS) is 3. The molecule has 3 N–H and O–H groups in total. The average molecular weight is 643 g/mol. The van der Waals surface area contributed by atoms with Gasteiger partial charge in [-0.25, -0.2) is 14.4 Å². The predicted octanol–water partition coefficient (Wildman–Crippen LogP) is 4.06. The molecule has 0 radical (unpaired) electrons. The lowest BCUT2D eigenvalue weighted by molar-refractivity contribution is -0.193. The summed E-state index contributed by atoms with van der Waals surface area (Å²) in [6.45, 7) is 7.78. The third-order valence-electron chi connectivity index (χ3n) is 6.16. The molecule has 0 atom stereocenters. The molecule has 3 fully saturated rings. The molecule has 3 heterocycles. The van der Waals surface area contributed by atoms with Crippen LogP contribution >= 0.6 is 0 Å². The number of halogens is 9. The zero-order valence-electron chi connectivity index (χ0n) is 22.4. The summed E-state index contributed by atoms with van der Waals surface area (Å²) in [6.07, 6.45) is -6.11. The Morgan fingerprint density at radius 1 is 0.837 bits per heavy atom. The van der Waals surface area contributed by atoms with E-state index in [9.17, 15) is 39.5 Å². The monoisotopic (exact) mass is 643 g/mol. The molecule has 1 aromatic rings. The number of carbonyl (C=O) groups is 3. The minimum atomic E-state index is -5.08. The molecular formula is C24H30F9N3O7. The highest BCUT2D eigenvalue weighted by Gasteiger charge is 2.41. The maximum absolute atomic E-state index is 10.6. The normalized spacial score (nSPS) is 19.0. The highest BCUT2D eigenvalue weighted by molar-refractivity contribution is 5.73. The number of aliphatic carboxylic acids is 3. The second-order valence-electron chi connectivity index (χ2n) is 9.76. The van der Waals surface area contributed by atoms with Crippen LogP contribution in [0, 0.1) is 5.92 Å². The first-order chi connectivity index (χ1) is 19.6. The molecule has 2 saturated heterocycles. The Balaban J connectivity index is 0.000000363. The lowest BCUT2D eigenvalue weighted by Gasteiger charge is -2.47. The molecule has 2 aliphatic heterocycles. The van der Waals surface area contributed by atoms with Gasteiger partial charge in [0, 0.05) is 51.7 Å². The lowest BCUT2D eigenvalue weighted by Crippen LogP contribution is -2.56. The Morgan fingerprint density at radius 3 is 1.67 bits per heavy atom. The second kappa shape index (κ2) is 16.0. The van der Waals surface area contributed by atoms with E-state index in [0.717, 1.165) is 32.2 Å². The number of nitrogens with zero attached hydrogens (tertiary/aromatic N) is 3. The van der Waals surface area contributed by atoms with E-state index >= 15 is 0 Å². The minimum absolute atomic E-state index is 0.112. The molecule has 1 aromatic heterocycles. The Bertz CT molecular complexity index is 969. The number of hydrogen-bond donors (Lipinski definition) is 3. The summed E-state index contributed by atoms with van der Waals surface area (Å²) >= 11 is 0. The van der Waals surface area contributed by atoms with Crippen LogP contribution in [-0.4, -0.2) is 111 Å². The fourth-order valence-electron chi connectivity index (χ4n) is 3.92. The Kier molecular flexibility index (Phi) is 14.1. The summed E-state index contributed by atoms with van der Waals surface area (Å²) in [5, 5.41) is 21.4. The lowest BCUT2D eigenvalue weighted by atomic mass is 9.89. The van der Waals surface area contributed by atoms with Crippen LogP contribution < -0.4 is 0 Å². The van der Waals surface area contributed by atoms with Crippen molar-refractivity contribution in [3.8, 4) is 0 Å². The third kappa shape index (κ3) is 15.7. The quantitative estimate of drug-likeness (QED) is 0.412. The van der Waals surface area contributed by atoms with Gasteiger partial charge in [-0.1, -0.05) is 6.07 Å². The first kappa shape index (κ1) is 37.8. The largest absolute Gasteiger partial charge is 0.490 e. The third-order valence-corrected chi connectivity index (χ3v) is 6.16. The van der Waals surface area contributed by atoms with E-state index in [-0.39, 0.29) is 5.60 Å². The van der Waals surface area contributed by atoms with Crippen LogP contribution in [-0.2, 0) is 25.7 Å². The zero-order valence-corrected chi connectivity index (χ0v) is 22.4. The number of carboxylic acids is 3. The summed E-state index contributed by atoms with van der Waals surface area (Å²) in [7, 11) is 0. The van der Waals surface area contributed by atoms with Crippen molar-refractivity contribution >= 4 is 17.9 Å². The topological polar surface area (TPSA) is 140 Å². The van der Waals surface area contributed by atoms with Crippen LogP contribution in [0.15, 0.2) is 24.5 Å². The summed E-state index contributed by atoms with van der Waals surface area (Å²) in [4.78, 5) is 36.1. The van der Waals surface area contributed by atoms with Crippen molar-refractivity contribution in [2.45, 2.75) is 56.4 Å². The molecule has 1 spiro atoms. The first-order valence-electron chi connectivity index (χ1n) is 12.5. The van der Waals surface area contributed by atoms with Gasteiger partial charge in [-0.2, -0.15) is 39.5 Å². The molecule has 0 aromatic carbocycles. The van der Waals surface area contributed by atoms with Crippen LogP contribution in [0.5, 0.6) is 0 Å². The van der Waals surface area contributed by atoms with Crippen molar-refractivity contribution in [1.82, 2.24) is 14.8 Å². The maximum Gasteiger partial charge on any atom is 0.490 e. The molecule has 3 aliphatic rings. The van der Waals surface area contributed by atoms with Gasteiger partial charge in [0.1, 0.15) is 0 Å². The number of alkyl halides is 9. The van der Waals surface area contributed by atoms with E-state index in [1.165, 1.54) is 50.9 Å². The average Bonchev–Trinajstić information content (AvgIpc) is 3.70. The van der Waals surface area contributed by atoms with Gasteiger partial charge in [-0.3, -0.25) is 9.88 Å². The van der Waals surface area contributed by atoms with Crippen molar-refractivity contribution in [1.29, 1.82) is 0 Å². The van der Waals surface area contributed by atoms with Gasteiger partial charge in [0.2, 0.25) is 0 Å². The molecular weight excluding hydrogens is 613 g/mol. The van der Waals surface area contributed by atoms with Crippen molar-refractivity contribution in [2.75, 3.05) is 39.3 Å². The standard InChI is InChI=1S/C18H27N3O.3C2HF3O2/c1-2-17(12-19-7-1)14-21-10-11-22-18(15-21)5-8-20(9-6-18)13-16-3-4-16;3*3-2(4,5)1(6)7/h1-2,7,12,16H,3-6,8-11,13-15H2;3*(H,6,7). The molecule has 0 amide bonds. The SMILES string of the molecule is O=C(O)C(F)(F)F.O=C(O)C(F)(F)F.O=C(O)C(F)(F)F.c1cncc(CN2CCOC3(CCN(CC4CC4)CC3)C2)c1. The number of pyridine rings is 1.